The van der Waals surface area contributed by atoms with Crippen LogP contribution in [0.4, 0.5) is 0 Å². The molecule has 2 aromatic carbocycles. The zero-order valence-electron chi connectivity index (χ0n) is 57.7. The molecule has 19 rings (SSSR count). The highest BCUT2D eigenvalue weighted by atomic mass is 14.8. The van der Waals surface area contributed by atoms with Crippen LogP contribution in [0.25, 0.3) is 154 Å². The van der Waals surface area contributed by atoms with Crippen molar-refractivity contribution < 1.29 is 0 Å². The van der Waals surface area contributed by atoms with E-state index in [0.717, 1.165) is 168 Å². The second-order valence-electron chi connectivity index (χ2n) is 31.9. The Morgan fingerprint density at radius 2 is 0.500 bits per heavy atom. The van der Waals surface area contributed by atoms with Crippen molar-refractivity contribution in [2.24, 2.45) is 21.7 Å². The SMILES string of the molecule is CC1=C(C(C)(C)C)c2cc3[nH]c(cc4nc(cc5[nH]c(cc1n2)c1c5C2CCC1c1c2c2cc5nc(cc6[nH]c(cc7nc(cc1[nH]2)C(C)=C7C(C)(C)C)c1c2cccnc2c2ncccc2c61)C(C(C)(C)C)=C5C)C(C)=C4C(C)(C)C)c1c2cccnc2c2ncccc2c31. The number of allylic oxidation sites excluding steroid dienone is 8. The number of nitrogens with one attached hydrogen (secondary N) is 4. The van der Waals surface area contributed by atoms with Crippen LogP contribution in [0, 0.1) is 21.7 Å². The van der Waals surface area contributed by atoms with Gasteiger partial charge in [0.2, 0.25) is 0 Å². The smallest absolute Gasteiger partial charge is 0.0971 e. The molecule has 4 N–H and O–H groups in total. The third-order valence-electron chi connectivity index (χ3n) is 21.6. The van der Waals surface area contributed by atoms with Crippen LogP contribution in [0.2, 0.25) is 0 Å². The van der Waals surface area contributed by atoms with E-state index in [1.807, 2.05) is 49.1 Å². The van der Waals surface area contributed by atoms with Crippen LogP contribution in [0.3, 0.4) is 0 Å². The van der Waals surface area contributed by atoms with Crippen molar-refractivity contribution in [1.82, 2.24) is 59.8 Å². The van der Waals surface area contributed by atoms with E-state index in [1.54, 1.807) is 0 Å². The Balaban J connectivity index is 0.972. The maximum atomic E-state index is 5.77. The molecule has 10 aromatic heterocycles. The van der Waals surface area contributed by atoms with Gasteiger partial charge in [0.1, 0.15) is 0 Å². The van der Waals surface area contributed by atoms with Gasteiger partial charge in [-0.05, 0) is 202 Å². The summed E-state index contributed by atoms with van der Waals surface area (Å²) < 4.78 is 0. The van der Waals surface area contributed by atoms with Crippen LogP contribution in [0.5, 0.6) is 0 Å². The van der Waals surface area contributed by atoms with Gasteiger partial charge in [0.15, 0.2) is 0 Å². The predicted molar refractivity (Wildman–Crippen MR) is 399 cm³/mol. The fraction of sp³-hybridized carbons (Fsp3) is 0.286. The lowest BCUT2D eigenvalue weighted by atomic mass is 9.64. The minimum Gasteiger partial charge on any atom is -0.355 e. The van der Waals surface area contributed by atoms with Crippen molar-refractivity contribution in [3.05, 3.63) is 190 Å². The number of pyridine rings is 4. The number of aromatic amines is 4. The quantitative estimate of drug-likeness (QED) is 0.109. The largest absolute Gasteiger partial charge is 0.355 e. The van der Waals surface area contributed by atoms with Gasteiger partial charge >= 0.3 is 0 Å². The molecule has 0 fully saturated rings. The van der Waals surface area contributed by atoms with Gasteiger partial charge < -0.3 is 19.9 Å². The van der Waals surface area contributed by atoms with Gasteiger partial charge in [0.05, 0.1) is 67.6 Å². The summed E-state index contributed by atoms with van der Waals surface area (Å²) in [7, 11) is 0. The molecule has 0 amide bonds. The zero-order chi connectivity index (χ0) is 66.3. The molecule has 4 aliphatic heterocycles. The number of H-pyrrole nitrogens is 4. The van der Waals surface area contributed by atoms with Crippen molar-refractivity contribution in [2.75, 3.05) is 0 Å². The number of fused-ring (bicyclic) bond motifs is 33. The highest BCUT2D eigenvalue weighted by Crippen LogP contribution is 2.59. The van der Waals surface area contributed by atoms with Gasteiger partial charge in [-0.3, -0.25) is 19.9 Å². The summed E-state index contributed by atoms with van der Waals surface area (Å²) in [4.78, 5) is 59.6. The molecule has 474 valence electrons. The number of hydrogen-bond donors (Lipinski definition) is 4. The Morgan fingerprint density at radius 3 is 0.719 bits per heavy atom. The normalized spacial score (nSPS) is 16.9. The molecule has 0 unspecified atom stereocenters. The van der Waals surface area contributed by atoms with Crippen LogP contribution in [0.1, 0.15) is 203 Å². The topological polar surface area (TPSA) is 166 Å². The first-order valence-electron chi connectivity index (χ1n) is 34.1. The molecule has 14 heterocycles. The number of benzene rings is 2. The third kappa shape index (κ3) is 8.32. The van der Waals surface area contributed by atoms with Crippen LogP contribution in [-0.4, -0.2) is 59.8 Å². The molecular weight excluding hydrogens is 1180 g/mol. The lowest BCUT2D eigenvalue weighted by molar-refractivity contribution is 0.536. The van der Waals surface area contributed by atoms with Crippen LogP contribution in [-0.2, 0) is 0 Å². The summed E-state index contributed by atoms with van der Waals surface area (Å²) in [5.41, 5.74) is 33.3. The standard InChI is InChI=1S/C84H78N12/c1-39-49-31-53-65-43-25-26-44(66(65)54(93-53)32-50-40(2)74(82(8,9)10)62(90-50)36-58-70-46-22-18-28-86-78(46)77-45(21-17-27-85-77)69(70)57(95-58)35-61(89-49)73(39)81(5,6)7)68-56-34-52-42(4)76(84(14,15)16)64(92-52)38-60-72-48-24-20-30-88-80(48)79-47(23-19-29-87-79)71(72)59(96-60)37-63-75(83(11,12)13)41(3)51(91-63)33-55(94-56)67(43)68/h17-24,27-38,43-44,93-96H,25-26H2,1-16H3. The van der Waals surface area contributed by atoms with Crippen molar-refractivity contribution in [1.29, 1.82) is 0 Å². The fourth-order valence-electron chi connectivity index (χ4n) is 18.3. The molecule has 12 heteroatoms. The maximum absolute atomic E-state index is 5.77. The molecule has 0 radical (unpaired) electrons. The van der Waals surface area contributed by atoms with Crippen molar-refractivity contribution in [3.63, 3.8) is 0 Å². The molecule has 12 aromatic rings. The molecule has 0 saturated carbocycles. The first-order valence-corrected chi connectivity index (χ1v) is 34.1. The lowest BCUT2D eigenvalue weighted by Gasteiger charge is -2.37. The molecule has 96 heavy (non-hydrogen) atoms. The average Bonchev–Trinajstić information content (AvgIpc) is 1.38. The maximum Gasteiger partial charge on any atom is 0.0971 e. The third-order valence-corrected chi connectivity index (χ3v) is 21.6. The number of hydrogen-bond acceptors (Lipinski definition) is 8. The summed E-state index contributed by atoms with van der Waals surface area (Å²) in [6, 6.07) is 35.6. The summed E-state index contributed by atoms with van der Waals surface area (Å²) >= 11 is 0. The van der Waals surface area contributed by atoms with Gasteiger partial charge in [-0.25, -0.2) is 19.9 Å². The Kier molecular flexibility index (Phi) is 12.0. The second kappa shape index (κ2) is 19.7. The zero-order valence-corrected chi connectivity index (χ0v) is 57.7. The first kappa shape index (κ1) is 58.4. The van der Waals surface area contributed by atoms with Gasteiger partial charge in [0.25, 0.3) is 0 Å². The van der Waals surface area contributed by atoms with Gasteiger partial charge in [-0.2, -0.15) is 0 Å². The summed E-state index contributed by atoms with van der Waals surface area (Å²) in [5, 5.41) is 8.54. The Labute approximate surface area is 557 Å². The molecule has 0 spiro atoms. The molecular formula is C84H78N12. The summed E-state index contributed by atoms with van der Waals surface area (Å²) in [5.74, 6) is 0.0554. The summed E-state index contributed by atoms with van der Waals surface area (Å²) in [6.45, 7) is 36.9. The van der Waals surface area contributed by atoms with E-state index in [1.165, 1.54) is 66.8 Å². The van der Waals surface area contributed by atoms with E-state index < -0.39 is 0 Å². The minimum atomic E-state index is -0.248. The van der Waals surface area contributed by atoms with E-state index in [9.17, 15) is 0 Å². The van der Waals surface area contributed by atoms with Crippen LogP contribution < -0.4 is 0 Å². The monoisotopic (exact) mass is 1250 g/mol. The molecule has 18 bridgehead atoms. The van der Waals surface area contributed by atoms with E-state index in [0.29, 0.717) is 0 Å². The highest BCUT2D eigenvalue weighted by molar-refractivity contribution is 6.33. The van der Waals surface area contributed by atoms with Gasteiger partial charge in [0, 0.05) is 124 Å². The van der Waals surface area contributed by atoms with Crippen molar-refractivity contribution >= 4 is 154 Å². The molecule has 12 nitrogen and oxygen atoms in total. The summed E-state index contributed by atoms with van der Waals surface area (Å²) in [6.07, 6.45) is 9.46. The van der Waals surface area contributed by atoms with E-state index in [-0.39, 0.29) is 33.5 Å². The van der Waals surface area contributed by atoms with E-state index in [4.69, 9.17) is 39.9 Å². The Morgan fingerprint density at radius 1 is 0.292 bits per heavy atom. The molecule has 0 atom stereocenters. The Hall–Kier alpha value is -10.2. The Bertz CT molecular complexity index is 5380. The van der Waals surface area contributed by atoms with Crippen molar-refractivity contribution in [3.8, 4) is 0 Å². The number of nitrogens with zero attached hydrogens (tertiary/aromatic N) is 8. The van der Waals surface area contributed by atoms with Gasteiger partial charge in [-0.1, -0.05) is 107 Å². The fourth-order valence-corrected chi connectivity index (χ4v) is 18.3. The van der Waals surface area contributed by atoms with E-state index >= 15 is 0 Å². The number of aromatic nitrogens is 12. The van der Waals surface area contributed by atoms with Crippen LogP contribution in [0.15, 0.2) is 122 Å². The first-order chi connectivity index (χ1) is 45.8. The molecule has 3 aliphatic carbocycles. The highest BCUT2D eigenvalue weighted by Gasteiger charge is 2.44. The minimum absolute atomic E-state index is 0.0277. The van der Waals surface area contributed by atoms with Crippen LogP contribution >= 0.6 is 0 Å². The van der Waals surface area contributed by atoms with Crippen molar-refractivity contribution in [2.45, 2.75) is 135 Å². The second-order valence-corrected chi connectivity index (χ2v) is 31.9. The van der Waals surface area contributed by atoms with E-state index in [2.05, 4.69) is 204 Å². The van der Waals surface area contributed by atoms with Gasteiger partial charge in [-0.15, -0.1) is 0 Å². The predicted octanol–water partition coefficient (Wildman–Crippen LogP) is 21.7. The lowest BCUT2D eigenvalue weighted by Crippen LogP contribution is -2.22. The number of rotatable bonds is 0. The average molecular weight is 1260 g/mol. The molecule has 7 aliphatic rings. The molecule has 0 saturated heterocycles.